The normalized spacial score (nSPS) is 10.9. The van der Waals surface area contributed by atoms with E-state index in [0.29, 0.717) is 32.5 Å². The van der Waals surface area contributed by atoms with Crippen LogP contribution in [0.2, 0.25) is 10.0 Å². The monoisotopic (exact) mass is 391 g/mol. The van der Waals surface area contributed by atoms with E-state index in [4.69, 9.17) is 35.4 Å². The Bertz CT molecular complexity index is 882. The molecule has 0 aromatic heterocycles. The van der Waals surface area contributed by atoms with Crippen molar-refractivity contribution in [3.63, 3.8) is 0 Å². The highest BCUT2D eigenvalue weighted by Crippen LogP contribution is 2.34. The second-order valence-electron chi connectivity index (χ2n) is 5.37. The maximum Gasteiger partial charge on any atom is 0.195 e. The van der Waals surface area contributed by atoms with Gasteiger partial charge in [-0.25, -0.2) is 15.0 Å². The van der Waals surface area contributed by atoms with Crippen LogP contribution in [0, 0.1) is 12.3 Å². The zero-order valence-corrected chi connectivity index (χ0v) is 15.6. The van der Waals surface area contributed by atoms with Crippen molar-refractivity contribution in [3.05, 3.63) is 34.6 Å². The highest BCUT2D eigenvalue weighted by atomic mass is 35.5. The average molecular weight is 392 g/mol. The summed E-state index contributed by atoms with van der Waals surface area (Å²) in [6.45, 7) is 0.761. The fourth-order valence-corrected chi connectivity index (χ4v) is 3.85. The van der Waals surface area contributed by atoms with Gasteiger partial charge in [0.1, 0.15) is 0 Å². The third kappa shape index (κ3) is 4.37. The first-order chi connectivity index (χ1) is 12.1. The molecule has 0 amide bonds. The van der Waals surface area contributed by atoms with E-state index in [-0.39, 0.29) is 0 Å². The van der Waals surface area contributed by atoms with Gasteiger partial charge in [0.2, 0.25) is 0 Å². The number of halogens is 2. The Morgan fingerprint density at radius 3 is 2.64 bits per heavy atom. The Morgan fingerprint density at radius 2 is 1.92 bits per heavy atom. The number of nitrogens with zero attached hydrogens (tertiary/aromatic N) is 4. The van der Waals surface area contributed by atoms with Gasteiger partial charge < -0.3 is 10.3 Å². The van der Waals surface area contributed by atoms with Crippen molar-refractivity contribution in [3.8, 4) is 23.9 Å². The molecule has 0 saturated carbocycles. The third-order valence-corrected chi connectivity index (χ3v) is 4.76. The standard InChI is InChI=1S/C17H15Cl2N5S/c1-2-3-4-5-6-24-10-21-15(20)14-16(24)23-17(22-14)25-13-8-11(18)7-12(19)9-13/h1,7-10H,3-6,20H2. The van der Waals surface area contributed by atoms with Gasteiger partial charge in [-0.2, -0.15) is 0 Å². The van der Waals surface area contributed by atoms with Crippen molar-refractivity contribution >= 4 is 40.8 Å². The molecular formula is C17H15Cl2N5S. The van der Waals surface area contributed by atoms with Crippen LogP contribution in [-0.2, 0) is 6.54 Å². The molecule has 0 fully saturated rings. The average Bonchev–Trinajstić information content (AvgIpc) is 2.97. The Morgan fingerprint density at radius 1 is 1.16 bits per heavy atom. The second-order valence-corrected chi connectivity index (χ2v) is 7.28. The maximum atomic E-state index is 6.04. The minimum absolute atomic E-state index is 0.360. The third-order valence-electron chi connectivity index (χ3n) is 3.49. The first-order valence-electron chi connectivity index (χ1n) is 7.62. The van der Waals surface area contributed by atoms with Crippen LogP contribution in [-0.4, -0.2) is 19.5 Å². The number of aromatic nitrogens is 4. The summed E-state index contributed by atoms with van der Waals surface area (Å²) in [5.41, 5.74) is 6.54. The van der Waals surface area contributed by atoms with Gasteiger partial charge >= 0.3 is 0 Å². The Balaban J connectivity index is 1.86. The van der Waals surface area contributed by atoms with E-state index >= 15 is 0 Å². The molecule has 5 nitrogen and oxygen atoms in total. The molecule has 1 aromatic carbocycles. The fourth-order valence-electron chi connectivity index (χ4n) is 2.35. The number of fused-ring (bicyclic) bond motifs is 1. The van der Waals surface area contributed by atoms with Gasteiger partial charge in [0.25, 0.3) is 0 Å². The molecule has 0 unspecified atom stereocenters. The molecule has 0 saturated heterocycles. The smallest absolute Gasteiger partial charge is 0.195 e. The molecule has 2 N–H and O–H groups in total. The van der Waals surface area contributed by atoms with Crippen molar-refractivity contribution < 1.29 is 0 Å². The summed E-state index contributed by atoms with van der Waals surface area (Å²) in [6, 6.07) is 5.31. The molecule has 128 valence electrons. The van der Waals surface area contributed by atoms with Crippen molar-refractivity contribution in [2.45, 2.75) is 35.9 Å². The minimum atomic E-state index is 0.360. The molecule has 0 atom stereocenters. The number of aryl methyl sites for hydroxylation is 1. The lowest BCUT2D eigenvalue weighted by Crippen LogP contribution is -2.08. The van der Waals surface area contributed by atoms with E-state index in [9.17, 15) is 0 Å². The zero-order chi connectivity index (χ0) is 17.8. The molecule has 3 rings (SSSR count). The number of nitrogens with two attached hydrogens (primary N) is 1. The van der Waals surface area contributed by atoms with E-state index in [1.165, 1.54) is 11.8 Å². The largest absolute Gasteiger partial charge is 0.382 e. The number of imidazole rings is 1. The molecule has 2 aliphatic heterocycles. The van der Waals surface area contributed by atoms with Crippen LogP contribution in [0.5, 0.6) is 0 Å². The van der Waals surface area contributed by atoms with E-state index < -0.39 is 0 Å². The lowest BCUT2D eigenvalue weighted by atomic mass is 10.2. The van der Waals surface area contributed by atoms with Gasteiger partial charge in [-0.05, 0) is 42.8 Å². The number of anilines is 1. The number of terminal acetylenes is 1. The molecule has 2 aliphatic rings. The highest BCUT2D eigenvalue weighted by molar-refractivity contribution is 7.99. The minimum Gasteiger partial charge on any atom is -0.382 e. The SMILES string of the molecule is C#CCCCCn1cnc(N)c2nc(Sc3cc(Cl)cc(Cl)c3)nc1-2. The van der Waals surface area contributed by atoms with Crippen molar-refractivity contribution in [1.29, 1.82) is 0 Å². The Kier molecular flexibility index (Phi) is 5.69. The molecular weight excluding hydrogens is 377 g/mol. The molecule has 0 radical (unpaired) electrons. The van der Waals surface area contributed by atoms with Crippen molar-refractivity contribution in [2.24, 2.45) is 0 Å². The molecule has 2 heterocycles. The molecule has 0 aliphatic carbocycles. The van der Waals surface area contributed by atoms with E-state index in [1.54, 1.807) is 12.4 Å². The number of rotatable bonds is 6. The van der Waals surface area contributed by atoms with Gasteiger partial charge in [-0.15, -0.1) is 12.3 Å². The lowest BCUT2D eigenvalue weighted by molar-refractivity contribution is 0.605. The van der Waals surface area contributed by atoms with Crippen LogP contribution in [0.4, 0.5) is 5.82 Å². The van der Waals surface area contributed by atoms with E-state index in [1.807, 2.05) is 16.7 Å². The summed E-state index contributed by atoms with van der Waals surface area (Å²) < 4.78 is 1.95. The Labute approximate surface area is 160 Å². The predicted octanol–water partition coefficient (Wildman–Crippen LogP) is 4.62. The van der Waals surface area contributed by atoms with E-state index in [2.05, 4.69) is 20.9 Å². The molecule has 0 bridgehead atoms. The predicted molar refractivity (Wildman–Crippen MR) is 102 cm³/mol. The Hall–Kier alpha value is -1.94. The first kappa shape index (κ1) is 17.9. The molecule has 25 heavy (non-hydrogen) atoms. The fraction of sp³-hybridized carbons (Fsp3) is 0.235. The van der Waals surface area contributed by atoms with Crippen molar-refractivity contribution in [2.75, 3.05) is 5.73 Å². The van der Waals surface area contributed by atoms with Crippen molar-refractivity contribution in [1.82, 2.24) is 19.5 Å². The van der Waals surface area contributed by atoms with E-state index in [0.717, 1.165) is 30.7 Å². The quantitative estimate of drug-likeness (QED) is 0.490. The number of hydrogen-bond donors (Lipinski definition) is 1. The van der Waals surface area contributed by atoms with Crippen LogP contribution in [0.15, 0.2) is 34.6 Å². The highest BCUT2D eigenvalue weighted by Gasteiger charge is 2.19. The summed E-state index contributed by atoms with van der Waals surface area (Å²) in [6.07, 6.45) is 9.62. The topological polar surface area (TPSA) is 69.6 Å². The zero-order valence-electron chi connectivity index (χ0n) is 13.2. The molecule has 0 spiro atoms. The van der Waals surface area contributed by atoms with Crippen LogP contribution >= 0.6 is 35.0 Å². The lowest BCUT2D eigenvalue weighted by Gasteiger charge is -2.10. The summed E-state index contributed by atoms with van der Waals surface area (Å²) in [5.74, 6) is 3.71. The van der Waals surface area contributed by atoms with Gasteiger partial charge in [0.15, 0.2) is 22.5 Å². The summed E-state index contributed by atoms with van der Waals surface area (Å²) >= 11 is 13.5. The van der Waals surface area contributed by atoms with Crippen LogP contribution in [0.3, 0.4) is 0 Å². The maximum absolute atomic E-state index is 6.04. The number of unbranched alkanes of at least 4 members (excludes halogenated alkanes) is 2. The summed E-state index contributed by atoms with van der Waals surface area (Å²) in [4.78, 5) is 14.2. The van der Waals surface area contributed by atoms with Crippen LogP contribution < -0.4 is 5.73 Å². The number of benzene rings is 1. The summed E-state index contributed by atoms with van der Waals surface area (Å²) in [5, 5.41) is 1.71. The second kappa shape index (κ2) is 7.96. The molecule has 8 heteroatoms. The molecule has 1 aromatic rings. The van der Waals surface area contributed by atoms with Gasteiger partial charge in [0, 0.05) is 27.9 Å². The number of nitrogen functional groups attached to an aromatic ring is 1. The van der Waals surface area contributed by atoms with Gasteiger partial charge in [-0.3, -0.25) is 0 Å². The van der Waals surface area contributed by atoms with Crippen LogP contribution in [0.25, 0.3) is 11.5 Å². The summed E-state index contributed by atoms with van der Waals surface area (Å²) in [7, 11) is 0. The number of hydrogen-bond acceptors (Lipinski definition) is 5. The van der Waals surface area contributed by atoms with Gasteiger partial charge in [0.05, 0.1) is 6.33 Å². The first-order valence-corrected chi connectivity index (χ1v) is 9.20. The van der Waals surface area contributed by atoms with Crippen LogP contribution in [0.1, 0.15) is 19.3 Å². The van der Waals surface area contributed by atoms with Gasteiger partial charge in [-0.1, -0.05) is 23.2 Å².